The summed E-state index contributed by atoms with van der Waals surface area (Å²) in [5.41, 5.74) is 1.33. The molecule has 1 heterocycles. The third-order valence-corrected chi connectivity index (χ3v) is 4.81. The van der Waals surface area contributed by atoms with E-state index in [1.807, 2.05) is 12.1 Å². The zero-order valence-corrected chi connectivity index (χ0v) is 13.6. The molecule has 0 aromatic heterocycles. The third-order valence-electron chi connectivity index (χ3n) is 4.51. The zero-order chi connectivity index (χ0) is 14.8. The maximum absolute atomic E-state index is 10.0. The van der Waals surface area contributed by atoms with Gasteiger partial charge in [0.2, 0.25) is 0 Å². The second kappa shape index (κ2) is 6.36. The Labute approximate surface area is 127 Å². The molecule has 1 aliphatic rings. The van der Waals surface area contributed by atoms with Gasteiger partial charge in [-0.15, -0.1) is 0 Å². The Hall–Kier alpha value is -0.730. The van der Waals surface area contributed by atoms with E-state index in [9.17, 15) is 5.11 Å². The van der Waals surface area contributed by atoms with Crippen molar-refractivity contribution in [2.75, 3.05) is 13.1 Å². The van der Waals surface area contributed by atoms with Gasteiger partial charge in [-0.3, -0.25) is 4.90 Å². The number of aromatic hydroxyl groups is 1. The lowest BCUT2D eigenvalue weighted by molar-refractivity contribution is 0.206. The predicted molar refractivity (Wildman–Crippen MR) is 85.2 cm³/mol. The van der Waals surface area contributed by atoms with Crippen molar-refractivity contribution in [1.29, 1.82) is 0 Å². The number of para-hydroxylation sites is 1. The van der Waals surface area contributed by atoms with E-state index in [2.05, 4.69) is 25.7 Å². The van der Waals surface area contributed by atoms with Gasteiger partial charge in [-0.05, 0) is 49.8 Å². The fourth-order valence-corrected chi connectivity index (χ4v) is 3.30. The molecule has 1 atom stereocenters. The molecular weight excluding hydrogens is 270 g/mol. The standard InChI is InChI=1S/C17H26ClNO/c1-17(2,3)14-7-5-10-19(11-9-14)12-13-6-4-8-15(18)16(13)20/h4,6,8,14,20H,5,7,9-12H2,1-3H3. The molecule has 112 valence electrons. The molecule has 1 aliphatic heterocycles. The molecule has 1 N–H and O–H groups in total. The van der Waals surface area contributed by atoms with Gasteiger partial charge in [0.15, 0.2) is 0 Å². The number of phenolic OH excluding ortho intramolecular Hbond substituents is 1. The average Bonchev–Trinajstić information content (AvgIpc) is 2.60. The van der Waals surface area contributed by atoms with Crippen molar-refractivity contribution >= 4 is 11.6 Å². The SMILES string of the molecule is CC(C)(C)C1CCCN(Cc2cccc(Cl)c2O)CC1. The summed E-state index contributed by atoms with van der Waals surface area (Å²) >= 11 is 5.98. The summed E-state index contributed by atoms with van der Waals surface area (Å²) in [6.45, 7) is 10.0. The molecule has 0 bridgehead atoms. The number of benzene rings is 1. The van der Waals surface area contributed by atoms with Crippen molar-refractivity contribution in [1.82, 2.24) is 4.90 Å². The van der Waals surface area contributed by atoms with E-state index in [4.69, 9.17) is 11.6 Å². The molecule has 1 aromatic carbocycles. The van der Waals surface area contributed by atoms with Gasteiger partial charge in [-0.2, -0.15) is 0 Å². The minimum Gasteiger partial charge on any atom is -0.506 e. The second-order valence-corrected chi connectivity index (χ2v) is 7.42. The Balaban J connectivity index is 1.99. The van der Waals surface area contributed by atoms with Crippen molar-refractivity contribution < 1.29 is 5.11 Å². The van der Waals surface area contributed by atoms with Crippen LogP contribution in [0.15, 0.2) is 18.2 Å². The molecule has 1 fully saturated rings. The first-order chi connectivity index (χ1) is 9.38. The topological polar surface area (TPSA) is 23.5 Å². The van der Waals surface area contributed by atoms with Gasteiger partial charge < -0.3 is 5.11 Å². The van der Waals surface area contributed by atoms with E-state index in [1.165, 1.54) is 19.3 Å². The minimum absolute atomic E-state index is 0.241. The molecule has 1 unspecified atom stereocenters. The van der Waals surface area contributed by atoms with Crippen LogP contribution in [0.5, 0.6) is 5.75 Å². The second-order valence-electron chi connectivity index (χ2n) is 7.02. The van der Waals surface area contributed by atoms with Crippen molar-refractivity contribution in [2.24, 2.45) is 11.3 Å². The van der Waals surface area contributed by atoms with Crippen molar-refractivity contribution in [2.45, 2.75) is 46.6 Å². The first-order valence-corrected chi connectivity index (χ1v) is 7.94. The van der Waals surface area contributed by atoms with Crippen molar-refractivity contribution in [3.63, 3.8) is 0 Å². The molecule has 0 amide bonds. The van der Waals surface area contributed by atoms with E-state index in [1.54, 1.807) is 6.07 Å². The lowest BCUT2D eigenvalue weighted by Gasteiger charge is -2.29. The van der Waals surface area contributed by atoms with Crippen molar-refractivity contribution in [3.8, 4) is 5.75 Å². The summed E-state index contributed by atoms with van der Waals surface area (Å²) in [5.74, 6) is 1.03. The summed E-state index contributed by atoms with van der Waals surface area (Å²) in [4.78, 5) is 2.44. The Morgan fingerprint density at radius 3 is 2.70 bits per heavy atom. The molecule has 3 heteroatoms. The van der Waals surface area contributed by atoms with Crippen LogP contribution in [0.4, 0.5) is 0 Å². The molecule has 0 spiro atoms. The van der Waals surface area contributed by atoms with Crippen LogP contribution in [0.1, 0.15) is 45.6 Å². The summed E-state index contributed by atoms with van der Waals surface area (Å²) < 4.78 is 0. The summed E-state index contributed by atoms with van der Waals surface area (Å²) in [5, 5.41) is 10.5. The number of nitrogens with zero attached hydrogens (tertiary/aromatic N) is 1. The molecule has 1 aromatic rings. The smallest absolute Gasteiger partial charge is 0.138 e. The highest BCUT2D eigenvalue weighted by Gasteiger charge is 2.27. The van der Waals surface area contributed by atoms with Crippen LogP contribution in [-0.4, -0.2) is 23.1 Å². The van der Waals surface area contributed by atoms with Crippen LogP contribution in [0.3, 0.4) is 0 Å². The van der Waals surface area contributed by atoms with Crippen LogP contribution >= 0.6 is 11.6 Å². The van der Waals surface area contributed by atoms with Crippen LogP contribution < -0.4 is 0 Å². The lowest BCUT2D eigenvalue weighted by Crippen LogP contribution is -2.26. The average molecular weight is 296 g/mol. The third kappa shape index (κ3) is 3.89. The minimum atomic E-state index is 0.241. The fraction of sp³-hybridized carbons (Fsp3) is 0.647. The molecule has 0 aliphatic carbocycles. The maximum atomic E-state index is 10.0. The van der Waals surface area contributed by atoms with E-state index >= 15 is 0 Å². The molecule has 2 nitrogen and oxygen atoms in total. The van der Waals surface area contributed by atoms with E-state index in [0.29, 0.717) is 10.4 Å². The zero-order valence-electron chi connectivity index (χ0n) is 12.8. The Bertz CT molecular complexity index is 453. The predicted octanol–water partition coefficient (Wildman–Crippen LogP) is 4.69. The fourth-order valence-electron chi connectivity index (χ4n) is 3.11. The van der Waals surface area contributed by atoms with E-state index in [-0.39, 0.29) is 5.75 Å². The van der Waals surface area contributed by atoms with Crippen molar-refractivity contribution in [3.05, 3.63) is 28.8 Å². The number of hydrogen-bond donors (Lipinski definition) is 1. The molecule has 2 rings (SSSR count). The van der Waals surface area contributed by atoms with Gasteiger partial charge in [0, 0.05) is 12.1 Å². The number of phenols is 1. The van der Waals surface area contributed by atoms with E-state index in [0.717, 1.165) is 31.1 Å². The lowest BCUT2D eigenvalue weighted by atomic mass is 9.77. The summed E-state index contributed by atoms with van der Waals surface area (Å²) in [7, 11) is 0. The van der Waals surface area contributed by atoms with Gasteiger partial charge in [0.1, 0.15) is 5.75 Å². The Kier molecular flexibility index (Phi) is 4.98. The van der Waals surface area contributed by atoms with Crippen LogP contribution in [0.25, 0.3) is 0 Å². The Morgan fingerprint density at radius 1 is 1.25 bits per heavy atom. The quantitative estimate of drug-likeness (QED) is 0.855. The largest absolute Gasteiger partial charge is 0.506 e. The van der Waals surface area contributed by atoms with Crippen LogP contribution in [0, 0.1) is 11.3 Å². The van der Waals surface area contributed by atoms with Crippen LogP contribution in [-0.2, 0) is 6.54 Å². The van der Waals surface area contributed by atoms with Gasteiger partial charge in [0.25, 0.3) is 0 Å². The van der Waals surface area contributed by atoms with Gasteiger partial charge in [-0.25, -0.2) is 0 Å². The van der Waals surface area contributed by atoms with Gasteiger partial charge in [0.05, 0.1) is 5.02 Å². The van der Waals surface area contributed by atoms with Crippen LogP contribution in [0.2, 0.25) is 5.02 Å². The number of hydrogen-bond acceptors (Lipinski definition) is 2. The number of rotatable bonds is 2. The first-order valence-electron chi connectivity index (χ1n) is 7.56. The highest BCUT2D eigenvalue weighted by molar-refractivity contribution is 6.32. The molecule has 0 radical (unpaired) electrons. The van der Waals surface area contributed by atoms with Gasteiger partial charge >= 0.3 is 0 Å². The number of halogens is 1. The monoisotopic (exact) mass is 295 g/mol. The van der Waals surface area contributed by atoms with E-state index < -0.39 is 0 Å². The molecule has 1 saturated heterocycles. The summed E-state index contributed by atoms with van der Waals surface area (Å²) in [6.07, 6.45) is 3.79. The molecule has 20 heavy (non-hydrogen) atoms. The highest BCUT2D eigenvalue weighted by atomic mass is 35.5. The van der Waals surface area contributed by atoms with Gasteiger partial charge in [-0.1, -0.05) is 44.5 Å². The molecule has 0 saturated carbocycles. The molecular formula is C17H26ClNO. The Morgan fingerprint density at radius 2 is 2.00 bits per heavy atom. The highest BCUT2D eigenvalue weighted by Crippen LogP contribution is 2.35. The normalized spacial score (nSPS) is 21.7. The number of likely N-dealkylation sites (tertiary alicyclic amines) is 1. The summed E-state index contributed by atoms with van der Waals surface area (Å²) in [6, 6.07) is 5.61. The first kappa shape index (κ1) is 15.7. The maximum Gasteiger partial charge on any atom is 0.138 e.